The normalized spacial score (nSPS) is 27.7. The van der Waals surface area contributed by atoms with Crippen LogP contribution in [0.4, 0.5) is 11.4 Å². The number of nitrogens with zero attached hydrogens (tertiary/aromatic N) is 2. The highest BCUT2D eigenvalue weighted by atomic mass is 35.5. The lowest BCUT2D eigenvalue weighted by Crippen LogP contribution is -2.55. The molecule has 0 aromatic heterocycles. The van der Waals surface area contributed by atoms with Crippen LogP contribution in [0.5, 0.6) is 11.5 Å². The molecule has 3 fully saturated rings. The number of carbonyl (C=O) groups excluding carboxylic acids is 4. The first-order valence-electron chi connectivity index (χ1n) is 17.8. The van der Waals surface area contributed by atoms with Gasteiger partial charge >= 0.3 is 0 Å². The Balaban J connectivity index is 1.24. The minimum absolute atomic E-state index is 0.0851. The van der Waals surface area contributed by atoms with Gasteiger partial charge in [0.25, 0.3) is 0 Å². The maximum Gasteiger partial charge on any atom is 0.246 e. The van der Waals surface area contributed by atoms with Crippen LogP contribution >= 0.6 is 11.6 Å². The molecule has 0 unspecified atom stereocenters. The second-order valence-electron chi connectivity index (χ2n) is 14.4. The SMILES string of the molecule is CCc1ccc(N2C(=O)[C@H]3[C@H](CC=C4[C@H](C5=COc6ccc(O)cc6C5)[C@]5(c6ccccc6)C(=O)N(c6cccc(Cl)c6)C(=O)[C@@H]5C[C@H]43)C2=O)cc1. The van der Waals surface area contributed by atoms with Crippen molar-refractivity contribution in [2.75, 3.05) is 9.80 Å². The van der Waals surface area contributed by atoms with Gasteiger partial charge in [-0.2, -0.15) is 0 Å². The standard InChI is InChI=1S/C43H35ClN2O6/c1-2-24-11-13-29(14-12-24)45-39(48)33-17-16-32-34(37(33)41(45)50)22-35-40(49)46(30-10-6-9-28(44)21-30)42(51)43(35,27-7-4-3-5-8-27)38(32)26-19-25-20-31(47)15-18-36(25)52-23-26/h3-16,18,20-21,23,33-35,37-38,47H,2,17,19,22H2,1H3/t33-,34+,35-,37-,38-,43+/m0/s1. The Bertz CT molecular complexity index is 2250. The molecule has 8 nitrogen and oxygen atoms in total. The van der Waals surface area contributed by atoms with Crippen LogP contribution in [0.25, 0.3) is 0 Å². The molecule has 0 spiro atoms. The second-order valence-corrected chi connectivity index (χ2v) is 14.8. The molecule has 6 atom stereocenters. The topological polar surface area (TPSA) is 104 Å². The Morgan fingerprint density at radius 3 is 2.37 bits per heavy atom. The zero-order chi connectivity index (χ0) is 35.9. The van der Waals surface area contributed by atoms with Gasteiger partial charge in [0.1, 0.15) is 11.5 Å². The predicted octanol–water partition coefficient (Wildman–Crippen LogP) is 7.33. The van der Waals surface area contributed by atoms with E-state index < -0.39 is 35.0 Å². The highest BCUT2D eigenvalue weighted by Gasteiger charge is 2.70. The largest absolute Gasteiger partial charge is 0.508 e. The lowest BCUT2D eigenvalue weighted by molar-refractivity contribution is -0.128. The summed E-state index contributed by atoms with van der Waals surface area (Å²) in [7, 11) is 0. The van der Waals surface area contributed by atoms with Gasteiger partial charge in [-0.15, -0.1) is 0 Å². The molecule has 52 heavy (non-hydrogen) atoms. The molecule has 0 bridgehead atoms. The molecule has 5 aliphatic rings. The lowest BCUT2D eigenvalue weighted by Gasteiger charge is -2.51. The number of aryl methyl sites for hydroxylation is 1. The van der Waals surface area contributed by atoms with E-state index in [2.05, 4.69) is 6.92 Å². The first-order chi connectivity index (χ1) is 25.2. The molecule has 2 saturated heterocycles. The van der Waals surface area contributed by atoms with E-state index in [0.717, 1.165) is 28.7 Å². The Kier molecular flexibility index (Phi) is 7.52. The summed E-state index contributed by atoms with van der Waals surface area (Å²) in [4.78, 5) is 61.7. The fourth-order valence-electron chi connectivity index (χ4n) is 9.69. The number of halogens is 1. The second kappa shape index (κ2) is 12.1. The maximum atomic E-state index is 15.4. The molecule has 4 aromatic carbocycles. The Hall–Kier alpha value is -5.47. The van der Waals surface area contributed by atoms with Gasteiger partial charge in [0.15, 0.2) is 0 Å². The summed E-state index contributed by atoms with van der Waals surface area (Å²) < 4.78 is 6.20. The number of hydrogen-bond donors (Lipinski definition) is 1. The summed E-state index contributed by atoms with van der Waals surface area (Å²) >= 11 is 6.43. The molecular formula is C43H35ClN2O6. The van der Waals surface area contributed by atoms with E-state index in [1.54, 1.807) is 48.7 Å². The van der Waals surface area contributed by atoms with Gasteiger partial charge < -0.3 is 9.84 Å². The number of hydrogen-bond acceptors (Lipinski definition) is 6. The number of ether oxygens (including phenoxy) is 1. The number of benzene rings is 4. The summed E-state index contributed by atoms with van der Waals surface area (Å²) in [6.07, 6.45) is 5.41. The molecule has 9 rings (SSSR count). The van der Waals surface area contributed by atoms with E-state index in [-0.39, 0.29) is 35.8 Å². The van der Waals surface area contributed by atoms with Crippen molar-refractivity contribution in [1.29, 1.82) is 0 Å². The van der Waals surface area contributed by atoms with E-state index >= 15 is 4.79 Å². The van der Waals surface area contributed by atoms with Crippen LogP contribution in [0, 0.1) is 29.6 Å². The highest BCUT2D eigenvalue weighted by molar-refractivity contribution is 6.32. The van der Waals surface area contributed by atoms with Crippen molar-refractivity contribution in [3.63, 3.8) is 0 Å². The van der Waals surface area contributed by atoms with Crippen LogP contribution < -0.4 is 14.5 Å². The fourth-order valence-corrected chi connectivity index (χ4v) is 9.88. The predicted molar refractivity (Wildman–Crippen MR) is 196 cm³/mol. The average molecular weight is 711 g/mol. The first-order valence-corrected chi connectivity index (χ1v) is 18.1. The smallest absolute Gasteiger partial charge is 0.246 e. The molecular weight excluding hydrogens is 676 g/mol. The number of amides is 4. The summed E-state index contributed by atoms with van der Waals surface area (Å²) in [6.45, 7) is 2.05. The lowest BCUT2D eigenvalue weighted by atomic mass is 9.48. The zero-order valence-corrected chi connectivity index (χ0v) is 29.1. The molecule has 1 saturated carbocycles. The van der Waals surface area contributed by atoms with Gasteiger partial charge in [0, 0.05) is 22.9 Å². The van der Waals surface area contributed by atoms with Crippen molar-refractivity contribution >= 4 is 46.6 Å². The third-order valence-corrected chi connectivity index (χ3v) is 12.2. The molecule has 3 heterocycles. The third-order valence-electron chi connectivity index (χ3n) is 11.9. The minimum atomic E-state index is -1.40. The van der Waals surface area contributed by atoms with E-state index in [1.165, 1.54) is 9.80 Å². The van der Waals surface area contributed by atoms with Gasteiger partial charge in [0.2, 0.25) is 23.6 Å². The Labute approximate surface area is 306 Å². The van der Waals surface area contributed by atoms with Gasteiger partial charge in [-0.05, 0) is 90.4 Å². The number of allylic oxidation sites excluding steroid dienone is 3. The minimum Gasteiger partial charge on any atom is -0.508 e. The van der Waals surface area contributed by atoms with Crippen molar-refractivity contribution in [3.05, 3.63) is 142 Å². The first kappa shape index (κ1) is 32.4. The van der Waals surface area contributed by atoms with E-state index in [4.69, 9.17) is 16.3 Å². The highest BCUT2D eigenvalue weighted by Crippen LogP contribution is 2.64. The molecule has 2 aliphatic carbocycles. The molecule has 4 amide bonds. The molecule has 0 radical (unpaired) electrons. The zero-order valence-electron chi connectivity index (χ0n) is 28.4. The third kappa shape index (κ3) is 4.59. The molecule has 9 heteroatoms. The fraction of sp³-hybridized carbons (Fsp3) is 0.256. The molecule has 1 N–H and O–H groups in total. The number of aromatic hydroxyl groups is 1. The van der Waals surface area contributed by atoms with E-state index in [0.29, 0.717) is 40.6 Å². The van der Waals surface area contributed by atoms with Crippen LogP contribution in [0.3, 0.4) is 0 Å². The van der Waals surface area contributed by atoms with Gasteiger partial charge in [0.05, 0.1) is 40.8 Å². The van der Waals surface area contributed by atoms with Crippen LogP contribution in [-0.4, -0.2) is 28.7 Å². The number of phenols is 1. The molecule has 4 aromatic rings. The van der Waals surface area contributed by atoms with Crippen molar-refractivity contribution < 1.29 is 29.0 Å². The van der Waals surface area contributed by atoms with Crippen LogP contribution in [0.1, 0.15) is 36.5 Å². The number of rotatable bonds is 5. The number of imide groups is 2. The van der Waals surface area contributed by atoms with Gasteiger partial charge in [-0.1, -0.05) is 78.7 Å². The Morgan fingerprint density at radius 1 is 0.827 bits per heavy atom. The summed E-state index contributed by atoms with van der Waals surface area (Å²) in [6, 6.07) is 28.6. The van der Waals surface area contributed by atoms with Crippen LogP contribution in [0.15, 0.2) is 121 Å². The summed E-state index contributed by atoms with van der Waals surface area (Å²) in [5.41, 5.74) is 3.64. The van der Waals surface area contributed by atoms with Crippen LogP contribution in [-0.2, 0) is 37.4 Å². The Morgan fingerprint density at radius 2 is 1.62 bits per heavy atom. The monoisotopic (exact) mass is 710 g/mol. The van der Waals surface area contributed by atoms with Crippen molar-refractivity contribution in [1.82, 2.24) is 0 Å². The number of fused-ring (bicyclic) bond motifs is 5. The van der Waals surface area contributed by atoms with Crippen LogP contribution in [0.2, 0.25) is 5.02 Å². The summed E-state index contributed by atoms with van der Waals surface area (Å²) in [5, 5.41) is 10.8. The van der Waals surface area contributed by atoms with Gasteiger partial charge in [-0.25, -0.2) is 4.90 Å². The maximum absolute atomic E-state index is 15.4. The van der Waals surface area contributed by atoms with E-state index in [1.807, 2.05) is 60.7 Å². The molecule has 3 aliphatic heterocycles. The number of phenolic OH excluding ortho intramolecular Hbond substituents is 1. The number of carbonyl (C=O) groups is 4. The summed E-state index contributed by atoms with van der Waals surface area (Å²) in [5.74, 6) is -3.98. The van der Waals surface area contributed by atoms with Gasteiger partial charge in [-0.3, -0.25) is 24.1 Å². The van der Waals surface area contributed by atoms with Crippen molar-refractivity contribution in [2.24, 2.45) is 29.6 Å². The van der Waals surface area contributed by atoms with Crippen molar-refractivity contribution in [3.8, 4) is 11.5 Å². The number of anilines is 2. The van der Waals surface area contributed by atoms with E-state index in [9.17, 15) is 19.5 Å². The van der Waals surface area contributed by atoms with Crippen molar-refractivity contribution in [2.45, 2.75) is 38.0 Å². The quantitative estimate of drug-likeness (QED) is 0.172. The molecule has 260 valence electrons. The average Bonchev–Trinajstić information content (AvgIpc) is 3.55.